The summed E-state index contributed by atoms with van der Waals surface area (Å²) in [5.74, 6) is 0.0802. The van der Waals surface area contributed by atoms with Crippen LogP contribution in [0.3, 0.4) is 0 Å². The fourth-order valence-electron chi connectivity index (χ4n) is 2.09. The second kappa shape index (κ2) is 7.07. The molecular formula is C16H22O3. The lowest BCUT2D eigenvalue weighted by Gasteiger charge is -2.16. The summed E-state index contributed by atoms with van der Waals surface area (Å²) in [4.78, 5) is 22.8. The van der Waals surface area contributed by atoms with Gasteiger partial charge in [-0.15, -0.1) is 0 Å². The molecule has 0 aliphatic rings. The minimum Gasteiger partial charge on any atom is -0.466 e. The normalized spacial score (nSPS) is 13.7. The Bertz CT molecular complexity index is 434. The highest BCUT2D eigenvalue weighted by atomic mass is 16.5. The summed E-state index contributed by atoms with van der Waals surface area (Å²) in [5.41, 5.74) is 1.86. The van der Waals surface area contributed by atoms with E-state index in [9.17, 15) is 9.59 Å². The molecule has 0 amide bonds. The maximum Gasteiger partial charge on any atom is 0.308 e. The van der Waals surface area contributed by atoms with Crippen LogP contribution < -0.4 is 0 Å². The molecule has 104 valence electrons. The van der Waals surface area contributed by atoms with Gasteiger partial charge in [-0.1, -0.05) is 38.1 Å². The van der Waals surface area contributed by atoms with E-state index in [-0.39, 0.29) is 23.6 Å². The van der Waals surface area contributed by atoms with Crippen molar-refractivity contribution in [3.8, 4) is 0 Å². The maximum absolute atomic E-state index is 11.6. The van der Waals surface area contributed by atoms with Crippen molar-refractivity contribution in [3.05, 3.63) is 35.4 Å². The number of benzene rings is 1. The zero-order chi connectivity index (χ0) is 14.4. The average Bonchev–Trinajstić information content (AvgIpc) is 2.38. The molecule has 0 saturated carbocycles. The van der Waals surface area contributed by atoms with Gasteiger partial charge in [0.15, 0.2) is 5.78 Å². The molecule has 2 atom stereocenters. The largest absolute Gasteiger partial charge is 0.466 e. The third-order valence-corrected chi connectivity index (χ3v) is 3.28. The predicted octanol–water partition coefficient (Wildman–Crippen LogP) is 3.58. The van der Waals surface area contributed by atoms with Gasteiger partial charge in [-0.05, 0) is 31.7 Å². The predicted molar refractivity (Wildman–Crippen MR) is 75.3 cm³/mol. The smallest absolute Gasteiger partial charge is 0.308 e. The molecular weight excluding hydrogens is 240 g/mol. The number of carbonyl (C=O) groups is 2. The van der Waals surface area contributed by atoms with Crippen LogP contribution >= 0.6 is 0 Å². The Morgan fingerprint density at radius 2 is 1.74 bits per heavy atom. The van der Waals surface area contributed by atoms with E-state index in [4.69, 9.17) is 4.74 Å². The summed E-state index contributed by atoms with van der Waals surface area (Å²) in [6.07, 6.45) is 0.748. The molecule has 0 saturated heterocycles. The van der Waals surface area contributed by atoms with Gasteiger partial charge in [0, 0.05) is 5.56 Å². The Morgan fingerprint density at radius 1 is 1.16 bits per heavy atom. The van der Waals surface area contributed by atoms with E-state index in [0.717, 1.165) is 17.5 Å². The molecule has 0 aliphatic heterocycles. The van der Waals surface area contributed by atoms with Gasteiger partial charge in [-0.2, -0.15) is 0 Å². The minimum absolute atomic E-state index is 0.0686. The van der Waals surface area contributed by atoms with E-state index < -0.39 is 0 Å². The molecule has 19 heavy (non-hydrogen) atoms. The Hall–Kier alpha value is -1.64. The Morgan fingerprint density at radius 3 is 2.21 bits per heavy atom. The monoisotopic (exact) mass is 262 g/mol. The van der Waals surface area contributed by atoms with Crippen molar-refractivity contribution < 1.29 is 14.3 Å². The quantitative estimate of drug-likeness (QED) is 0.581. The molecule has 0 aliphatic carbocycles. The first-order valence-electron chi connectivity index (χ1n) is 6.73. The molecule has 3 heteroatoms. The van der Waals surface area contributed by atoms with Crippen LogP contribution in [0.2, 0.25) is 0 Å². The highest BCUT2D eigenvalue weighted by Crippen LogP contribution is 2.24. The van der Waals surface area contributed by atoms with Crippen molar-refractivity contribution >= 4 is 11.8 Å². The first kappa shape index (κ1) is 15.4. The molecule has 1 rings (SSSR count). The van der Waals surface area contributed by atoms with Crippen LogP contribution in [0.4, 0.5) is 0 Å². The number of ketones is 1. The number of rotatable bonds is 6. The summed E-state index contributed by atoms with van der Waals surface area (Å²) in [7, 11) is 0. The van der Waals surface area contributed by atoms with Crippen LogP contribution in [0.5, 0.6) is 0 Å². The van der Waals surface area contributed by atoms with Gasteiger partial charge in [0.1, 0.15) is 0 Å². The van der Waals surface area contributed by atoms with Crippen molar-refractivity contribution in [1.82, 2.24) is 0 Å². The average molecular weight is 262 g/mol. The lowest BCUT2D eigenvalue weighted by molar-refractivity contribution is -0.147. The SMILES string of the molecule is CCOC(=O)C(C)CC(C)c1ccc(C(C)=O)cc1. The van der Waals surface area contributed by atoms with Crippen molar-refractivity contribution in [2.75, 3.05) is 6.61 Å². The van der Waals surface area contributed by atoms with Gasteiger partial charge < -0.3 is 4.74 Å². The highest BCUT2D eigenvalue weighted by Gasteiger charge is 2.18. The standard InChI is InChI=1S/C16H22O3/c1-5-19-16(18)12(3)10-11(2)14-6-8-15(9-7-14)13(4)17/h6-9,11-12H,5,10H2,1-4H3. The van der Waals surface area contributed by atoms with Gasteiger partial charge >= 0.3 is 5.97 Å². The summed E-state index contributed by atoms with van der Waals surface area (Å²) >= 11 is 0. The molecule has 3 nitrogen and oxygen atoms in total. The molecule has 0 bridgehead atoms. The molecule has 2 unspecified atom stereocenters. The molecule has 0 heterocycles. The first-order chi connectivity index (χ1) is 8.95. The number of hydrogen-bond acceptors (Lipinski definition) is 3. The number of esters is 1. The zero-order valence-corrected chi connectivity index (χ0v) is 12.1. The van der Waals surface area contributed by atoms with Gasteiger partial charge in [0.25, 0.3) is 0 Å². The van der Waals surface area contributed by atoms with E-state index in [0.29, 0.717) is 6.61 Å². The summed E-state index contributed by atoms with van der Waals surface area (Å²) in [6.45, 7) is 7.76. The van der Waals surface area contributed by atoms with E-state index in [1.165, 1.54) is 0 Å². The molecule has 0 fully saturated rings. The van der Waals surface area contributed by atoms with E-state index in [1.54, 1.807) is 6.92 Å². The Kier molecular flexibility index (Phi) is 5.74. The summed E-state index contributed by atoms with van der Waals surface area (Å²) < 4.78 is 5.01. The van der Waals surface area contributed by atoms with E-state index >= 15 is 0 Å². The number of hydrogen-bond donors (Lipinski definition) is 0. The fourth-order valence-corrected chi connectivity index (χ4v) is 2.09. The van der Waals surface area contributed by atoms with Gasteiger partial charge in [0.2, 0.25) is 0 Å². The van der Waals surface area contributed by atoms with Crippen LogP contribution in [0.1, 0.15) is 56.0 Å². The minimum atomic E-state index is -0.144. The van der Waals surface area contributed by atoms with Crippen LogP contribution in [0, 0.1) is 5.92 Å². The van der Waals surface area contributed by atoms with Gasteiger partial charge in [-0.25, -0.2) is 0 Å². The summed E-state index contributed by atoms with van der Waals surface area (Å²) in [5, 5.41) is 0. The fraction of sp³-hybridized carbons (Fsp3) is 0.500. The van der Waals surface area contributed by atoms with Crippen LogP contribution in [-0.2, 0) is 9.53 Å². The van der Waals surface area contributed by atoms with Crippen LogP contribution in [-0.4, -0.2) is 18.4 Å². The lowest BCUT2D eigenvalue weighted by atomic mass is 9.90. The number of Topliss-reactive ketones (excluding diaryl/α,β-unsaturated/α-hetero) is 1. The molecule has 0 radical (unpaired) electrons. The highest BCUT2D eigenvalue weighted by molar-refractivity contribution is 5.94. The second-order valence-electron chi connectivity index (χ2n) is 4.97. The molecule has 1 aromatic rings. The number of carbonyl (C=O) groups excluding carboxylic acids is 2. The second-order valence-corrected chi connectivity index (χ2v) is 4.97. The Balaban J connectivity index is 2.65. The van der Waals surface area contributed by atoms with Crippen molar-refractivity contribution in [2.45, 2.75) is 40.0 Å². The lowest BCUT2D eigenvalue weighted by Crippen LogP contribution is -2.16. The maximum atomic E-state index is 11.6. The third-order valence-electron chi connectivity index (χ3n) is 3.28. The number of ether oxygens (including phenoxy) is 1. The Labute approximate surface area is 115 Å². The third kappa shape index (κ3) is 4.51. The van der Waals surface area contributed by atoms with Gasteiger partial charge in [-0.3, -0.25) is 9.59 Å². The van der Waals surface area contributed by atoms with Crippen LogP contribution in [0.25, 0.3) is 0 Å². The molecule has 1 aromatic carbocycles. The van der Waals surface area contributed by atoms with Crippen molar-refractivity contribution in [2.24, 2.45) is 5.92 Å². The van der Waals surface area contributed by atoms with Crippen molar-refractivity contribution in [3.63, 3.8) is 0 Å². The van der Waals surface area contributed by atoms with E-state index in [1.807, 2.05) is 38.1 Å². The zero-order valence-electron chi connectivity index (χ0n) is 12.1. The van der Waals surface area contributed by atoms with Gasteiger partial charge in [0.05, 0.1) is 12.5 Å². The van der Waals surface area contributed by atoms with Crippen molar-refractivity contribution in [1.29, 1.82) is 0 Å². The molecule has 0 aromatic heterocycles. The summed E-state index contributed by atoms with van der Waals surface area (Å²) in [6, 6.07) is 7.59. The topological polar surface area (TPSA) is 43.4 Å². The van der Waals surface area contributed by atoms with Crippen LogP contribution in [0.15, 0.2) is 24.3 Å². The molecule has 0 spiro atoms. The first-order valence-corrected chi connectivity index (χ1v) is 6.73. The molecule has 0 N–H and O–H groups in total. The van der Waals surface area contributed by atoms with E-state index in [2.05, 4.69) is 6.92 Å².